The van der Waals surface area contributed by atoms with Crippen LogP contribution in [-0.2, 0) is 6.54 Å². The van der Waals surface area contributed by atoms with Crippen LogP contribution in [0.2, 0.25) is 0 Å². The lowest BCUT2D eigenvalue weighted by Crippen LogP contribution is -2.28. The molecule has 2 aromatic carbocycles. The Morgan fingerprint density at radius 1 is 1.17 bits per heavy atom. The summed E-state index contributed by atoms with van der Waals surface area (Å²) >= 11 is 0. The highest BCUT2D eigenvalue weighted by molar-refractivity contribution is 5.91. The molecule has 0 unspecified atom stereocenters. The summed E-state index contributed by atoms with van der Waals surface area (Å²) in [5.74, 6) is 0.610. The maximum absolute atomic E-state index is 12.2. The van der Waals surface area contributed by atoms with Crippen molar-refractivity contribution in [3.63, 3.8) is 0 Å². The maximum Gasteiger partial charge on any atom is 0.319 e. The number of fused-ring (bicyclic) bond motifs is 1. The largest absolute Gasteiger partial charge is 0.495 e. The van der Waals surface area contributed by atoms with Crippen LogP contribution in [-0.4, -0.2) is 18.3 Å². The maximum atomic E-state index is 12.2. The molecule has 124 valence electrons. The molecule has 1 heterocycles. The fourth-order valence-electron chi connectivity index (χ4n) is 2.48. The minimum absolute atomic E-state index is 0.274. The number of carbonyl (C=O) groups excluding carboxylic acids is 1. The van der Waals surface area contributed by atoms with Gasteiger partial charge >= 0.3 is 6.03 Å². The van der Waals surface area contributed by atoms with Crippen molar-refractivity contribution in [2.24, 2.45) is 0 Å². The van der Waals surface area contributed by atoms with Crippen LogP contribution in [0.15, 0.2) is 40.9 Å². The van der Waals surface area contributed by atoms with E-state index in [1.165, 1.54) is 0 Å². The summed E-state index contributed by atoms with van der Waals surface area (Å²) in [6.45, 7) is 4.23. The Bertz CT molecular complexity index is 886. The van der Waals surface area contributed by atoms with Gasteiger partial charge in [0, 0.05) is 5.39 Å². The summed E-state index contributed by atoms with van der Waals surface area (Å²) in [7, 11) is 1.57. The number of anilines is 1. The molecule has 0 atom stereocenters. The number of ether oxygens (including phenoxy) is 1. The van der Waals surface area contributed by atoms with E-state index in [1.807, 2.05) is 50.2 Å². The van der Waals surface area contributed by atoms with Crippen LogP contribution in [0.25, 0.3) is 11.0 Å². The van der Waals surface area contributed by atoms with Crippen molar-refractivity contribution < 1.29 is 14.1 Å². The third kappa shape index (κ3) is 3.32. The predicted molar refractivity (Wildman–Crippen MR) is 92.3 cm³/mol. The van der Waals surface area contributed by atoms with Crippen molar-refractivity contribution in [2.45, 2.75) is 20.4 Å². The monoisotopic (exact) mass is 325 g/mol. The number of aromatic nitrogens is 1. The SMILES string of the molecule is COc1ccc(C)cc1NC(=O)NCc1noc2ccc(C)cc12. The number of nitrogens with zero attached hydrogens (tertiary/aromatic N) is 1. The molecule has 1 aromatic heterocycles. The highest BCUT2D eigenvalue weighted by Gasteiger charge is 2.11. The Balaban J connectivity index is 1.69. The average Bonchev–Trinajstić information content (AvgIpc) is 2.95. The molecule has 0 radical (unpaired) electrons. The second kappa shape index (κ2) is 6.62. The van der Waals surface area contributed by atoms with Crippen LogP contribution >= 0.6 is 0 Å². The summed E-state index contributed by atoms with van der Waals surface area (Å²) in [5.41, 5.74) is 4.17. The molecule has 0 aliphatic heterocycles. The van der Waals surface area contributed by atoms with Crippen LogP contribution in [0.1, 0.15) is 16.8 Å². The number of rotatable bonds is 4. The van der Waals surface area contributed by atoms with Gasteiger partial charge in [0.15, 0.2) is 5.58 Å². The Morgan fingerprint density at radius 3 is 2.71 bits per heavy atom. The van der Waals surface area contributed by atoms with E-state index in [2.05, 4.69) is 15.8 Å². The topological polar surface area (TPSA) is 76.4 Å². The number of aryl methyl sites for hydroxylation is 2. The van der Waals surface area contributed by atoms with Gasteiger partial charge in [-0.2, -0.15) is 0 Å². The summed E-state index contributed by atoms with van der Waals surface area (Å²) in [6, 6.07) is 11.1. The molecular formula is C18H19N3O3. The molecule has 0 fully saturated rings. The first-order valence-corrected chi connectivity index (χ1v) is 7.61. The van der Waals surface area contributed by atoms with Gasteiger partial charge in [0.1, 0.15) is 11.4 Å². The van der Waals surface area contributed by atoms with Crippen molar-refractivity contribution in [2.75, 3.05) is 12.4 Å². The third-order valence-corrected chi connectivity index (χ3v) is 3.72. The Kier molecular flexibility index (Phi) is 4.37. The zero-order chi connectivity index (χ0) is 17.1. The summed E-state index contributed by atoms with van der Waals surface area (Å²) in [6.07, 6.45) is 0. The van der Waals surface area contributed by atoms with Crippen molar-refractivity contribution in [1.29, 1.82) is 0 Å². The van der Waals surface area contributed by atoms with Crippen LogP contribution in [0.3, 0.4) is 0 Å². The molecule has 2 amide bonds. The first kappa shape index (κ1) is 15.9. The number of amides is 2. The highest BCUT2D eigenvalue weighted by Crippen LogP contribution is 2.25. The van der Waals surface area contributed by atoms with Gasteiger partial charge in [-0.25, -0.2) is 4.79 Å². The minimum atomic E-state index is -0.331. The summed E-state index contributed by atoms with van der Waals surface area (Å²) < 4.78 is 10.5. The molecule has 6 nitrogen and oxygen atoms in total. The molecule has 0 aliphatic rings. The van der Waals surface area contributed by atoms with Gasteiger partial charge in [-0.15, -0.1) is 0 Å². The Labute approximate surface area is 139 Å². The first-order valence-electron chi connectivity index (χ1n) is 7.61. The highest BCUT2D eigenvalue weighted by atomic mass is 16.5. The van der Waals surface area contributed by atoms with E-state index in [0.717, 1.165) is 16.5 Å². The van der Waals surface area contributed by atoms with E-state index >= 15 is 0 Å². The lowest BCUT2D eigenvalue weighted by molar-refractivity contribution is 0.251. The van der Waals surface area contributed by atoms with E-state index in [9.17, 15) is 4.79 Å². The number of urea groups is 1. The van der Waals surface area contributed by atoms with Crippen molar-refractivity contribution in [1.82, 2.24) is 10.5 Å². The predicted octanol–water partition coefficient (Wildman–Crippen LogP) is 3.77. The van der Waals surface area contributed by atoms with Crippen molar-refractivity contribution >= 4 is 22.7 Å². The number of nitrogens with one attached hydrogen (secondary N) is 2. The summed E-state index contributed by atoms with van der Waals surface area (Å²) in [4.78, 5) is 12.2. The molecule has 0 bridgehead atoms. The number of hydrogen-bond donors (Lipinski definition) is 2. The fraction of sp³-hybridized carbons (Fsp3) is 0.222. The molecule has 0 spiro atoms. The zero-order valence-corrected chi connectivity index (χ0v) is 13.8. The van der Waals surface area contributed by atoms with E-state index in [4.69, 9.17) is 9.26 Å². The van der Waals surface area contributed by atoms with E-state index in [0.29, 0.717) is 22.7 Å². The molecule has 0 saturated carbocycles. The smallest absolute Gasteiger partial charge is 0.319 e. The molecule has 0 saturated heterocycles. The normalized spacial score (nSPS) is 10.6. The molecule has 3 aromatic rings. The van der Waals surface area contributed by atoms with Crippen LogP contribution in [0.4, 0.5) is 10.5 Å². The van der Waals surface area contributed by atoms with Gasteiger partial charge in [0.2, 0.25) is 0 Å². The lowest BCUT2D eigenvalue weighted by Gasteiger charge is -2.11. The van der Waals surface area contributed by atoms with Gasteiger partial charge in [0.25, 0.3) is 0 Å². The van der Waals surface area contributed by atoms with Gasteiger partial charge in [-0.1, -0.05) is 22.9 Å². The summed E-state index contributed by atoms with van der Waals surface area (Å²) in [5, 5.41) is 10.5. The average molecular weight is 325 g/mol. The van der Waals surface area contributed by atoms with Gasteiger partial charge in [0.05, 0.1) is 19.3 Å². The fourth-order valence-corrected chi connectivity index (χ4v) is 2.48. The molecule has 6 heteroatoms. The molecule has 24 heavy (non-hydrogen) atoms. The van der Waals surface area contributed by atoms with Crippen molar-refractivity contribution in [3.05, 3.63) is 53.2 Å². The number of carbonyl (C=O) groups is 1. The van der Waals surface area contributed by atoms with Crippen LogP contribution in [0.5, 0.6) is 5.75 Å². The first-order chi connectivity index (χ1) is 11.6. The molecule has 3 rings (SSSR count). The van der Waals surface area contributed by atoms with Gasteiger partial charge < -0.3 is 19.9 Å². The second-order valence-corrected chi connectivity index (χ2v) is 5.64. The lowest BCUT2D eigenvalue weighted by atomic mass is 10.1. The Morgan fingerprint density at radius 2 is 1.92 bits per heavy atom. The van der Waals surface area contributed by atoms with Crippen molar-refractivity contribution in [3.8, 4) is 5.75 Å². The Hall–Kier alpha value is -3.02. The number of benzene rings is 2. The molecule has 0 aliphatic carbocycles. The quantitative estimate of drug-likeness (QED) is 0.765. The second-order valence-electron chi connectivity index (χ2n) is 5.64. The van der Waals surface area contributed by atoms with E-state index in [-0.39, 0.29) is 12.6 Å². The van der Waals surface area contributed by atoms with E-state index < -0.39 is 0 Å². The zero-order valence-electron chi connectivity index (χ0n) is 13.8. The number of hydrogen-bond acceptors (Lipinski definition) is 4. The van der Waals surface area contributed by atoms with E-state index in [1.54, 1.807) is 7.11 Å². The van der Waals surface area contributed by atoms with Gasteiger partial charge in [-0.05, 0) is 43.7 Å². The van der Waals surface area contributed by atoms with Gasteiger partial charge in [-0.3, -0.25) is 0 Å². The number of methoxy groups -OCH3 is 1. The minimum Gasteiger partial charge on any atom is -0.495 e. The molecular weight excluding hydrogens is 306 g/mol. The third-order valence-electron chi connectivity index (χ3n) is 3.72. The standard InChI is InChI=1S/C18H19N3O3/c1-11-4-6-16-13(8-11)15(21-24-16)10-19-18(22)20-14-9-12(2)5-7-17(14)23-3/h4-9H,10H2,1-3H3,(H2,19,20,22). The van der Waals surface area contributed by atoms with Crippen LogP contribution < -0.4 is 15.4 Å². The van der Waals surface area contributed by atoms with Crippen LogP contribution in [0, 0.1) is 13.8 Å². The molecule has 2 N–H and O–H groups in total.